The first-order valence-corrected chi connectivity index (χ1v) is 7.02. The minimum Gasteiger partial charge on any atom is -0.403 e. The molecule has 0 saturated heterocycles. The summed E-state index contributed by atoms with van der Waals surface area (Å²) in [6.07, 6.45) is -0.810. The average molecular weight is 403 g/mol. The Morgan fingerprint density at radius 3 is 2.52 bits per heavy atom. The molecule has 0 unspecified atom stereocenters. The summed E-state index contributed by atoms with van der Waals surface area (Å²) in [4.78, 5) is 22.3. The van der Waals surface area contributed by atoms with Gasteiger partial charge in [0.1, 0.15) is 6.07 Å². The maximum atomic E-state index is 11.8. The van der Waals surface area contributed by atoms with E-state index >= 15 is 0 Å². The molecular formula is C13H14IN3O4. The number of nitrogens with one attached hydrogen (secondary N) is 1. The van der Waals surface area contributed by atoms with Crippen molar-refractivity contribution in [3.05, 3.63) is 30.9 Å². The number of carbonyl (C=O) groups is 1. The molecule has 21 heavy (non-hydrogen) atoms. The van der Waals surface area contributed by atoms with E-state index in [4.69, 9.17) is 10.00 Å². The van der Waals surface area contributed by atoms with Crippen LogP contribution >= 0.6 is 22.6 Å². The molecule has 0 heterocycles. The van der Waals surface area contributed by atoms with Gasteiger partial charge >= 0.3 is 11.8 Å². The predicted molar refractivity (Wildman–Crippen MR) is 84.2 cm³/mol. The Bertz CT molecular complexity index is 644. The van der Waals surface area contributed by atoms with Crippen molar-refractivity contribution in [2.75, 3.05) is 0 Å². The number of nitrogens with zero attached hydrogens (tertiary/aromatic N) is 2. The van der Waals surface area contributed by atoms with Crippen molar-refractivity contribution in [2.45, 2.75) is 33.2 Å². The highest BCUT2D eigenvalue weighted by molar-refractivity contribution is 14.1. The lowest BCUT2D eigenvalue weighted by Gasteiger charge is -2.20. The van der Waals surface area contributed by atoms with E-state index in [1.54, 1.807) is 20.8 Å². The zero-order valence-electron chi connectivity index (χ0n) is 12.0. The number of benzene rings is 1. The quantitative estimate of drug-likeness (QED) is 0.464. The lowest BCUT2D eigenvalue weighted by molar-refractivity contribution is -0.386. The summed E-state index contributed by atoms with van der Waals surface area (Å²) in [6, 6.07) is 3.13. The fourth-order valence-electron chi connectivity index (χ4n) is 1.57. The van der Waals surface area contributed by atoms with Crippen LogP contribution in [0.4, 0.5) is 10.5 Å². The topological polar surface area (TPSA) is 105 Å². The number of nitriles is 1. The van der Waals surface area contributed by atoms with Gasteiger partial charge in [-0.15, -0.1) is 0 Å². The van der Waals surface area contributed by atoms with Crippen LogP contribution < -0.4 is 10.1 Å². The van der Waals surface area contributed by atoms with E-state index in [0.717, 1.165) is 0 Å². The van der Waals surface area contributed by atoms with Crippen molar-refractivity contribution >= 4 is 34.4 Å². The summed E-state index contributed by atoms with van der Waals surface area (Å²) in [7, 11) is 0. The molecule has 1 amide bonds. The summed E-state index contributed by atoms with van der Waals surface area (Å²) in [6.45, 7) is 6.77. The molecule has 0 radical (unpaired) electrons. The summed E-state index contributed by atoms with van der Waals surface area (Å²) in [5.41, 5.74) is -0.347. The fourth-order valence-corrected chi connectivity index (χ4v) is 2.10. The van der Waals surface area contributed by atoms with Crippen LogP contribution in [0.15, 0.2) is 6.07 Å². The highest BCUT2D eigenvalue weighted by Gasteiger charge is 2.26. The second-order valence-electron chi connectivity index (χ2n) is 5.34. The second kappa shape index (κ2) is 6.26. The summed E-state index contributed by atoms with van der Waals surface area (Å²) in [5, 5.41) is 22.7. The molecule has 1 rings (SSSR count). The van der Waals surface area contributed by atoms with Crippen molar-refractivity contribution in [1.82, 2.24) is 5.32 Å². The Kier molecular flexibility index (Phi) is 5.11. The lowest BCUT2D eigenvalue weighted by Crippen LogP contribution is -2.42. The maximum absolute atomic E-state index is 11.8. The van der Waals surface area contributed by atoms with Gasteiger partial charge in [-0.1, -0.05) is 0 Å². The first-order valence-electron chi connectivity index (χ1n) is 5.94. The fraction of sp³-hybridized carbons (Fsp3) is 0.385. The van der Waals surface area contributed by atoms with Crippen molar-refractivity contribution in [1.29, 1.82) is 5.26 Å². The van der Waals surface area contributed by atoms with E-state index in [-0.39, 0.29) is 17.0 Å². The number of rotatable bonds is 2. The molecule has 0 saturated carbocycles. The highest BCUT2D eigenvalue weighted by atomic mass is 127. The Morgan fingerprint density at radius 1 is 1.52 bits per heavy atom. The molecule has 1 N–H and O–H groups in total. The minimum atomic E-state index is -0.810. The molecule has 0 atom stereocenters. The lowest BCUT2D eigenvalue weighted by atomic mass is 10.1. The molecule has 0 aliphatic heterocycles. The van der Waals surface area contributed by atoms with Crippen LogP contribution in [0.5, 0.6) is 5.75 Å². The van der Waals surface area contributed by atoms with Gasteiger partial charge in [-0.05, 0) is 50.3 Å². The van der Waals surface area contributed by atoms with Gasteiger partial charge in [0, 0.05) is 20.7 Å². The Balaban J connectivity index is 3.29. The van der Waals surface area contributed by atoms with E-state index in [1.165, 1.54) is 13.0 Å². The zero-order valence-corrected chi connectivity index (χ0v) is 14.1. The maximum Gasteiger partial charge on any atom is 0.413 e. The third-order valence-corrected chi connectivity index (χ3v) is 3.80. The largest absolute Gasteiger partial charge is 0.413 e. The van der Waals surface area contributed by atoms with Gasteiger partial charge in [-0.25, -0.2) is 4.79 Å². The van der Waals surface area contributed by atoms with Crippen LogP contribution in [0.3, 0.4) is 0 Å². The molecule has 112 valence electrons. The third kappa shape index (κ3) is 4.29. The molecule has 7 nitrogen and oxygen atoms in total. The van der Waals surface area contributed by atoms with Crippen LogP contribution in [-0.4, -0.2) is 16.6 Å². The third-order valence-electron chi connectivity index (χ3n) is 2.41. The van der Waals surface area contributed by atoms with Crippen molar-refractivity contribution in [3.63, 3.8) is 0 Å². The summed E-state index contributed by atoms with van der Waals surface area (Å²) < 4.78 is 5.48. The van der Waals surface area contributed by atoms with E-state index < -0.39 is 16.6 Å². The number of hydrogen-bond acceptors (Lipinski definition) is 5. The van der Waals surface area contributed by atoms with E-state index in [1.807, 2.05) is 28.7 Å². The van der Waals surface area contributed by atoms with Crippen molar-refractivity contribution in [2.24, 2.45) is 0 Å². The molecule has 1 aromatic rings. The van der Waals surface area contributed by atoms with Crippen molar-refractivity contribution < 1.29 is 14.5 Å². The van der Waals surface area contributed by atoms with Gasteiger partial charge < -0.3 is 10.1 Å². The van der Waals surface area contributed by atoms with Gasteiger partial charge in [-0.3, -0.25) is 10.1 Å². The first-order chi connectivity index (χ1) is 9.56. The number of nitro benzene ring substituents is 1. The van der Waals surface area contributed by atoms with Crippen LogP contribution in [-0.2, 0) is 0 Å². The van der Waals surface area contributed by atoms with Gasteiger partial charge in [0.15, 0.2) is 0 Å². The van der Waals surface area contributed by atoms with Gasteiger partial charge in [0.2, 0.25) is 5.75 Å². The molecule has 0 bridgehead atoms. The van der Waals surface area contributed by atoms with Gasteiger partial charge in [-0.2, -0.15) is 5.26 Å². The van der Waals surface area contributed by atoms with Crippen molar-refractivity contribution in [3.8, 4) is 11.8 Å². The number of nitro groups is 1. The molecule has 0 aliphatic rings. The second-order valence-corrected chi connectivity index (χ2v) is 6.42. The van der Waals surface area contributed by atoms with Crippen LogP contribution in [0, 0.1) is 31.9 Å². The summed E-state index contributed by atoms with van der Waals surface area (Å²) in [5.74, 6) is -0.240. The molecule has 0 aromatic heterocycles. The molecule has 0 fully saturated rings. The normalized spacial score (nSPS) is 10.7. The SMILES string of the molecule is Cc1c(I)c(C#N)cc(OC(=O)NC(C)(C)C)c1[N+](=O)[O-]. The molecular weight excluding hydrogens is 389 g/mol. The number of halogens is 1. The average Bonchev–Trinajstić information content (AvgIpc) is 2.30. The number of hydrogen-bond donors (Lipinski definition) is 1. The smallest absolute Gasteiger partial charge is 0.403 e. The zero-order chi connectivity index (χ0) is 16.4. The first kappa shape index (κ1) is 17.2. The van der Waals surface area contributed by atoms with Crippen LogP contribution in [0.25, 0.3) is 0 Å². The molecule has 0 spiro atoms. The predicted octanol–water partition coefficient (Wildman–Crippen LogP) is 3.27. The highest BCUT2D eigenvalue weighted by Crippen LogP contribution is 2.35. The number of carbonyl (C=O) groups excluding carboxylic acids is 1. The van der Waals surface area contributed by atoms with Crippen LogP contribution in [0.2, 0.25) is 0 Å². The van der Waals surface area contributed by atoms with E-state index in [2.05, 4.69) is 5.32 Å². The standard InChI is InChI=1S/C13H14IN3O4/c1-7-10(14)8(6-15)5-9(11(7)17(19)20)21-12(18)16-13(2,3)4/h5H,1-4H3,(H,16,18). The number of ether oxygens (including phenoxy) is 1. The van der Waals surface area contributed by atoms with Gasteiger partial charge in [0.05, 0.1) is 10.5 Å². The van der Waals surface area contributed by atoms with E-state index in [9.17, 15) is 14.9 Å². The number of amides is 1. The molecule has 1 aromatic carbocycles. The Hall–Kier alpha value is -1.89. The Labute approximate surface area is 135 Å². The monoisotopic (exact) mass is 403 g/mol. The van der Waals surface area contributed by atoms with E-state index in [0.29, 0.717) is 9.13 Å². The minimum absolute atomic E-state index is 0.220. The van der Waals surface area contributed by atoms with Crippen LogP contribution in [0.1, 0.15) is 31.9 Å². The van der Waals surface area contributed by atoms with Gasteiger partial charge in [0.25, 0.3) is 0 Å². The molecule has 8 heteroatoms. The molecule has 0 aliphatic carbocycles. The summed E-state index contributed by atoms with van der Waals surface area (Å²) >= 11 is 1.85. The Morgan fingerprint density at radius 2 is 2.10 bits per heavy atom.